The lowest BCUT2D eigenvalue weighted by Crippen LogP contribution is -2.15. The Morgan fingerprint density at radius 1 is 1.09 bits per heavy atom. The van der Waals surface area contributed by atoms with Crippen molar-refractivity contribution in [3.05, 3.63) is 78.2 Å². The van der Waals surface area contributed by atoms with Gasteiger partial charge >= 0.3 is 0 Å². The molecule has 0 aliphatic heterocycles. The van der Waals surface area contributed by atoms with Crippen LogP contribution < -0.4 is 5.32 Å². The Bertz CT molecular complexity index is 1390. The lowest BCUT2D eigenvalue weighted by molar-refractivity contribution is -0.115. The summed E-state index contributed by atoms with van der Waals surface area (Å²) in [5.41, 5.74) is 4.06. The van der Waals surface area contributed by atoms with Gasteiger partial charge < -0.3 is 5.32 Å². The van der Waals surface area contributed by atoms with Crippen LogP contribution in [0.1, 0.15) is 25.1 Å². The predicted molar refractivity (Wildman–Crippen MR) is 124 cm³/mol. The van der Waals surface area contributed by atoms with Crippen LogP contribution in [-0.4, -0.2) is 33.9 Å². The van der Waals surface area contributed by atoms with Crippen molar-refractivity contribution in [2.24, 2.45) is 0 Å². The van der Waals surface area contributed by atoms with E-state index in [4.69, 9.17) is 0 Å². The van der Waals surface area contributed by atoms with Gasteiger partial charge in [0, 0.05) is 29.3 Å². The fourth-order valence-electron chi connectivity index (χ4n) is 3.48. The number of carbonyl (C=O) groups is 1. The van der Waals surface area contributed by atoms with Gasteiger partial charge in [0.05, 0.1) is 22.3 Å². The molecule has 7 nitrogen and oxygen atoms in total. The van der Waals surface area contributed by atoms with Gasteiger partial charge in [-0.25, -0.2) is 18.4 Å². The highest BCUT2D eigenvalue weighted by Crippen LogP contribution is 2.26. The van der Waals surface area contributed by atoms with Crippen molar-refractivity contribution in [3.8, 4) is 11.3 Å². The van der Waals surface area contributed by atoms with Crippen LogP contribution in [0.4, 0.5) is 5.69 Å². The molecule has 2 aromatic carbocycles. The number of sulfone groups is 1. The summed E-state index contributed by atoms with van der Waals surface area (Å²) >= 11 is 0. The zero-order chi connectivity index (χ0) is 22.9. The van der Waals surface area contributed by atoms with Crippen molar-refractivity contribution in [2.45, 2.75) is 37.3 Å². The first kappa shape index (κ1) is 21.7. The topological polar surface area (TPSA) is 93.4 Å². The Morgan fingerprint density at radius 3 is 2.53 bits per heavy atom. The molecule has 164 valence electrons. The standard InChI is InChI=1S/C24H24N4O3S/c1-16(2)32(30,31)21-10-8-18(9-11-21)14-22(29)26-20-7-4-6-19(15-20)23-17(3)28-13-5-12-25-24(28)27-23/h4-13,15-16H,14H2,1-3H3,(H,26,29). The summed E-state index contributed by atoms with van der Waals surface area (Å²) in [4.78, 5) is 21.7. The molecular formula is C24H24N4O3S. The summed E-state index contributed by atoms with van der Waals surface area (Å²) in [6.45, 7) is 5.27. The SMILES string of the molecule is Cc1c(-c2cccc(NC(=O)Cc3ccc(S(=O)(=O)C(C)C)cc3)c2)nc2ncccn12. The fourth-order valence-corrected chi connectivity index (χ4v) is 4.54. The van der Waals surface area contributed by atoms with Crippen LogP contribution in [0.3, 0.4) is 0 Å². The van der Waals surface area contributed by atoms with E-state index >= 15 is 0 Å². The van der Waals surface area contributed by atoms with E-state index in [1.165, 1.54) is 0 Å². The van der Waals surface area contributed by atoms with Gasteiger partial charge in [-0.2, -0.15) is 0 Å². The Hall–Kier alpha value is -3.52. The number of hydrogen-bond acceptors (Lipinski definition) is 5. The molecule has 8 heteroatoms. The zero-order valence-corrected chi connectivity index (χ0v) is 18.9. The second-order valence-electron chi connectivity index (χ2n) is 7.88. The van der Waals surface area contributed by atoms with E-state index in [0.29, 0.717) is 11.5 Å². The minimum Gasteiger partial charge on any atom is -0.326 e. The summed E-state index contributed by atoms with van der Waals surface area (Å²) in [5.74, 6) is 0.437. The zero-order valence-electron chi connectivity index (χ0n) is 18.1. The fraction of sp³-hybridized carbons (Fsp3) is 0.208. The Balaban J connectivity index is 1.49. The number of amides is 1. The van der Waals surface area contributed by atoms with Crippen LogP contribution in [-0.2, 0) is 21.1 Å². The van der Waals surface area contributed by atoms with Gasteiger partial charge in [-0.3, -0.25) is 9.20 Å². The number of nitrogens with zero attached hydrogens (tertiary/aromatic N) is 3. The van der Waals surface area contributed by atoms with Gasteiger partial charge in [-0.15, -0.1) is 0 Å². The van der Waals surface area contributed by atoms with Crippen LogP contribution in [0.5, 0.6) is 0 Å². The van der Waals surface area contributed by atoms with E-state index in [1.807, 2.05) is 47.9 Å². The monoisotopic (exact) mass is 448 g/mol. The summed E-state index contributed by atoms with van der Waals surface area (Å²) in [6.07, 6.45) is 3.76. The number of benzene rings is 2. The molecule has 0 bridgehead atoms. The van der Waals surface area contributed by atoms with Gasteiger partial charge in [0.15, 0.2) is 9.84 Å². The number of aryl methyl sites for hydroxylation is 1. The third-order valence-corrected chi connectivity index (χ3v) is 7.47. The Morgan fingerprint density at radius 2 is 1.84 bits per heavy atom. The second-order valence-corrected chi connectivity index (χ2v) is 10.4. The normalized spacial score (nSPS) is 11.8. The highest BCUT2D eigenvalue weighted by molar-refractivity contribution is 7.92. The first-order valence-electron chi connectivity index (χ1n) is 10.3. The molecule has 0 aliphatic carbocycles. The number of hydrogen-bond donors (Lipinski definition) is 1. The molecule has 2 aromatic heterocycles. The largest absolute Gasteiger partial charge is 0.326 e. The van der Waals surface area contributed by atoms with Crippen molar-refractivity contribution in [1.82, 2.24) is 14.4 Å². The van der Waals surface area contributed by atoms with Crippen LogP contribution in [0.25, 0.3) is 17.0 Å². The number of carbonyl (C=O) groups excluding carboxylic acids is 1. The van der Waals surface area contributed by atoms with Crippen LogP contribution in [0, 0.1) is 6.92 Å². The molecule has 0 saturated heterocycles. The van der Waals surface area contributed by atoms with Gasteiger partial charge in [0.1, 0.15) is 0 Å². The molecular weight excluding hydrogens is 424 g/mol. The van der Waals surface area contributed by atoms with E-state index in [9.17, 15) is 13.2 Å². The average molecular weight is 449 g/mol. The van der Waals surface area contributed by atoms with Gasteiger partial charge in [0.2, 0.25) is 11.7 Å². The van der Waals surface area contributed by atoms with Crippen molar-refractivity contribution in [2.75, 3.05) is 5.32 Å². The van der Waals surface area contributed by atoms with E-state index in [0.717, 1.165) is 22.5 Å². The van der Waals surface area contributed by atoms with Gasteiger partial charge in [0.25, 0.3) is 0 Å². The lowest BCUT2D eigenvalue weighted by atomic mass is 10.1. The molecule has 1 N–H and O–H groups in total. The molecule has 2 heterocycles. The smallest absolute Gasteiger partial charge is 0.234 e. The molecule has 0 saturated carbocycles. The second kappa shape index (κ2) is 8.55. The summed E-state index contributed by atoms with van der Waals surface area (Å²) in [5, 5.41) is 2.42. The molecule has 32 heavy (non-hydrogen) atoms. The maximum absolute atomic E-state index is 12.6. The number of anilines is 1. The maximum atomic E-state index is 12.6. The summed E-state index contributed by atoms with van der Waals surface area (Å²) < 4.78 is 26.4. The van der Waals surface area contributed by atoms with E-state index < -0.39 is 15.1 Å². The molecule has 0 unspecified atom stereocenters. The van der Waals surface area contributed by atoms with Crippen LogP contribution >= 0.6 is 0 Å². The summed E-state index contributed by atoms with van der Waals surface area (Å²) in [7, 11) is -3.33. The van der Waals surface area contributed by atoms with Crippen molar-refractivity contribution in [3.63, 3.8) is 0 Å². The van der Waals surface area contributed by atoms with E-state index in [-0.39, 0.29) is 17.2 Å². The van der Waals surface area contributed by atoms with E-state index in [2.05, 4.69) is 15.3 Å². The number of rotatable bonds is 6. The van der Waals surface area contributed by atoms with Gasteiger partial charge in [-0.05, 0) is 56.7 Å². The molecule has 0 spiro atoms. The molecule has 4 rings (SSSR count). The highest BCUT2D eigenvalue weighted by atomic mass is 32.2. The first-order chi connectivity index (χ1) is 15.3. The minimum atomic E-state index is -3.33. The molecule has 4 aromatic rings. The molecule has 0 atom stereocenters. The third-order valence-electron chi connectivity index (χ3n) is 5.30. The number of fused-ring (bicyclic) bond motifs is 1. The first-order valence-corrected chi connectivity index (χ1v) is 11.8. The number of imidazole rings is 1. The molecule has 0 fully saturated rings. The third kappa shape index (κ3) is 4.27. The van der Waals surface area contributed by atoms with Crippen molar-refractivity contribution < 1.29 is 13.2 Å². The molecule has 0 aliphatic rings. The molecule has 1 amide bonds. The molecule has 0 radical (unpaired) electrons. The maximum Gasteiger partial charge on any atom is 0.234 e. The number of aromatic nitrogens is 3. The van der Waals surface area contributed by atoms with Crippen molar-refractivity contribution in [1.29, 1.82) is 0 Å². The Labute approximate surface area is 187 Å². The Kier molecular flexibility index (Phi) is 5.80. The minimum absolute atomic E-state index is 0.142. The van der Waals surface area contributed by atoms with Crippen LogP contribution in [0.2, 0.25) is 0 Å². The highest BCUT2D eigenvalue weighted by Gasteiger charge is 2.19. The number of nitrogens with one attached hydrogen (secondary N) is 1. The predicted octanol–water partition coefficient (Wildman–Crippen LogP) is 4.07. The average Bonchev–Trinajstić information content (AvgIpc) is 3.11. The van der Waals surface area contributed by atoms with Crippen LogP contribution in [0.15, 0.2) is 71.9 Å². The van der Waals surface area contributed by atoms with Gasteiger partial charge in [-0.1, -0.05) is 24.3 Å². The van der Waals surface area contributed by atoms with E-state index in [1.54, 1.807) is 44.3 Å². The van der Waals surface area contributed by atoms with Crippen molar-refractivity contribution >= 4 is 27.2 Å². The quantitative estimate of drug-likeness (QED) is 0.480. The summed E-state index contributed by atoms with van der Waals surface area (Å²) in [6, 6.07) is 15.8. The lowest BCUT2D eigenvalue weighted by Gasteiger charge is -2.09.